The fraction of sp³-hybridized carbons (Fsp3) is 1.00. The van der Waals surface area contributed by atoms with Crippen LogP contribution in [0.25, 0.3) is 0 Å². The smallest absolute Gasteiger partial charge is 0.0476 e. The molecule has 15 heavy (non-hydrogen) atoms. The summed E-state index contributed by atoms with van der Waals surface area (Å²) in [7, 11) is 1.78. The van der Waals surface area contributed by atoms with Crippen LogP contribution in [0.2, 0.25) is 0 Å². The molecule has 2 saturated carbocycles. The van der Waals surface area contributed by atoms with Crippen molar-refractivity contribution in [3.05, 3.63) is 0 Å². The molecule has 0 amide bonds. The highest BCUT2D eigenvalue weighted by Crippen LogP contribution is 2.48. The Kier molecular flexibility index (Phi) is 4.04. The van der Waals surface area contributed by atoms with E-state index in [0.717, 1.165) is 30.8 Å². The molecular formula is C13H25NO. The Hall–Kier alpha value is -0.0800. The van der Waals surface area contributed by atoms with Gasteiger partial charge in [-0.1, -0.05) is 0 Å². The summed E-state index contributed by atoms with van der Waals surface area (Å²) in [6.45, 7) is 4.40. The molecule has 2 aliphatic rings. The van der Waals surface area contributed by atoms with Gasteiger partial charge < -0.3 is 10.1 Å². The Morgan fingerprint density at radius 3 is 2.27 bits per heavy atom. The van der Waals surface area contributed by atoms with Crippen LogP contribution in [0.15, 0.2) is 0 Å². The Morgan fingerprint density at radius 2 is 1.80 bits per heavy atom. The Labute approximate surface area is 93.8 Å². The van der Waals surface area contributed by atoms with Gasteiger partial charge in [0, 0.05) is 19.8 Å². The summed E-state index contributed by atoms with van der Waals surface area (Å²) in [5.41, 5.74) is 0. The van der Waals surface area contributed by atoms with E-state index in [1.54, 1.807) is 7.11 Å². The first kappa shape index (κ1) is 11.4. The van der Waals surface area contributed by atoms with Crippen molar-refractivity contribution < 1.29 is 4.74 Å². The predicted octanol–water partition coefficient (Wildman–Crippen LogP) is 2.44. The molecule has 0 saturated heterocycles. The Balaban J connectivity index is 1.61. The summed E-state index contributed by atoms with van der Waals surface area (Å²) in [6.07, 6.45) is 7.12. The van der Waals surface area contributed by atoms with Crippen LogP contribution in [0.1, 0.15) is 39.0 Å². The number of hydrogen-bond donors (Lipinski definition) is 1. The van der Waals surface area contributed by atoms with Crippen LogP contribution in [-0.4, -0.2) is 26.3 Å². The molecule has 1 N–H and O–H groups in total. The molecule has 0 radical (unpaired) electrons. The quantitative estimate of drug-likeness (QED) is 0.666. The molecule has 0 aliphatic heterocycles. The minimum absolute atomic E-state index is 0.616. The molecule has 2 fully saturated rings. The molecular weight excluding hydrogens is 186 g/mol. The van der Waals surface area contributed by atoms with Crippen LogP contribution in [0.5, 0.6) is 0 Å². The van der Waals surface area contributed by atoms with Crippen LogP contribution in [0.3, 0.4) is 0 Å². The first-order valence-corrected chi connectivity index (χ1v) is 6.53. The van der Waals surface area contributed by atoms with Gasteiger partial charge >= 0.3 is 0 Å². The maximum Gasteiger partial charge on any atom is 0.0476 e. The monoisotopic (exact) mass is 211 g/mol. The van der Waals surface area contributed by atoms with Gasteiger partial charge in [-0.2, -0.15) is 0 Å². The number of ether oxygens (including phenoxy) is 1. The van der Waals surface area contributed by atoms with Gasteiger partial charge in [-0.25, -0.2) is 0 Å². The lowest BCUT2D eigenvalue weighted by Crippen LogP contribution is -2.33. The van der Waals surface area contributed by atoms with E-state index in [1.165, 1.54) is 32.2 Å². The molecule has 2 heteroatoms. The molecule has 1 atom stereocenters. The summed E-state index contributed by atoms with van der Waals surface area (Å²) in [5, 5.41) is 3.68. The first-order valence-electron chi connectivity index (χ1n) is 6.53. The van der Waals surface area contributed by atoms with E-state index in [4.69, 9.17) is 4.74 Å². The van der Waals surface area contributed by atoms with Gasteiger partial charge in [0.05, 0.1) is 0 Å². The SMILES string of the molecule is COCCC(C)NCC(C1CC1)C1CC1. The van der Waals surface area contributed by atoms with E-state index in [2.05, 4.69) is 12.2 Å². The second-order valence-electron chi connectivity index (χ2n) is 5.43. The van der Waals surface area contributed by atoms with Crippen molar-refractivity contribution in [1.29, 1.82) is 0 Å². The average molecular weight is 211 g/mol. The van der Waals surface area contributed by atoms with Gasteiger partial charge in [0.25, 0.3) is 0 Å². The van der Waals surface area contributed by atoms with Crippen LogP contribution >= 0.6 is 0 Å². The van der Waals surface area contributed by atoms with Gasteiger partial charge in [-0.05, 0) is 63.3 Å². The van der Waals surface area contributed by atoms with Crippen molar-refractivity contribution in [2.24, 2.45) is 17.8 Å². The number of nitrogens with one attached hydrogen (secondary N) is 1. The average Bonchev–Trinajstić information content (AvgIpc) is 3.05. The van der Waals surface area contributed by atoms with Gasteiger partial charge in [0.1, 0.15) is 0 Å². The van der Waals surface area contributed by atoms with Crippen molar-refractivity contribution in [3.8, 4) is 0 Å². The van der Waals surface area contributed by atoms with E-state index in [0.29, 0.717) is 6.04 Å². The lowest BCUT2D eigenvalue weighted by molar-refractivity contribution is 0.183. The van der Waals surface area contributed by atoms with Crippen molar-refractivity contribution in [1.82, 2.24) is 5.32 Å². The maximum absolute atomic E-state index is 5.10. The molecule has 0 heterocycles. The third-order valence-corrected chi connectivity index (χ3v) is 3.91. The normalized spacial score (nSPS) is 23.4. The van der Waals surface area contributed by atoms with E-state index < -0.39 is 0 Å². The number of methoxy groups -OCH3 is 1. The molecule has 0 aromatic heterocycles. The summed E-state index contributed by atoms with van der Waals surface area (Å²) < 4.78 is 5.10. The summed E-state index contributed by atoms with van der Waals surface area (Å²) in [6, 6.07) is 0.616. The van der Waals surface area contributed by atoms with Crippen molar-refractivity contribution in [2.75, 3.05) is 20.3 Å². The number of hydrogen-bond acceptors (Lipinski definition) is 2. The molecule has 88 valence electrons. The third kappa shape index (κ3) is 3.76. The molecule has 0 aromatic rings. The summed E-state index contributed by atoms with van der Waals surface area (Å²) in [4.78, 5) is 0. The highest BCUT2D eigenvalue weighted by Gasteiger charge is 2.40. The molecule has 0 bridgehead atoms. The van der Waals surface area contributed by atoms with Crippen molar-refractivity contribution in [3.63, 3.8) is 0 Å². The summed E-state index contributed by atoms with van der Waals surface area (Å²) >= 11 is 0. The van der Waals surface area contributed by atoms with E-state index in [1.807, 2.05) is 0 Å². The predicted molar refractivity (Wildman–Crippen MR) is 62.9 cm³/mol. The van der Waals surface area contributed by atoms with Gasteiger partial charge in [-0.3, -0.25) is 0 Å². The molecule has 2 nitrogen and oxygen atoms in total. The van der Waals surface area contributed by atoms with Crippen molar-refractivity contribution >= 4 is 0 Å². The number of rotatable bonds is 8. The standard InChI is InChI=1S/C13H25NO/c1-10(7-8-15-2)14-9-13(11-3-4-11)12-5-6-12/h10-14H,3-9H2,1-2H3. The van der Waals surface area contributed by atoms with Crippen LogP contribution < -0.4 is 5.32 Å². The first-order chi connectivity index (χ1) is 7.31. The topological polar surface area (TPSA) is 21.3 Å². The Bertz CT molecular complexity index is 175. The van der Waals surface area contributed by atoms with Crippen molar-refractivity contribution in [2.45, 2.75) is 45.1 Å². The molecule has 0 spiro atoms. The lowest BCUT2D eigenvalue weighted by atomic mass is 9.97. The van der Waals surface area contributed by atoms with Crippen LogP contribution in [-0.2, 0) is 4.74 Å². The van der Waals surface area contributed by atoms with Crippen LogP contribution in [0, 0.1) is 17.8 Å². The van der Waals surface area contributed by atoms with E-state index >= 15 is 0 Å². The fourth-order valence-electron chi connectivity index (χ4n) is 2.50. The highest BCUT2D eigenvalue weighted by molar-refractivity contribution is 4.92. The zero-order valence-electron chi connectivity index (χ0n) is 10.2. The minimum Gasteiger partial charge on any atom is -0.385 e. The lowest BCUT2D eigenvalue weighted by Gasteiger charge is -2.20. The minimum atomic E-state index is 0.616. The van der Waals surface area contributed by atoms with Gasteiger partial charge in [0.2, 0.25) is 0 Å². The fourth-order valence-corrected chi connectivity index (χ4v) is 2.50. The second-order valence-corrected chi connectivity index (χ2v) is 5.43. The van der Waals surface area contributed by atoms with E-state index in [9.17, 15) is 0 Å². The Morgan fingerprint density at radius 1 is 1.20 bits per heavy atom. The second kappa shape index (κ2) is 5.31. The van der Waals surface area contributed by atoms with Gasteiger partial charge in [-0.15, -0.1) is 0 Å². The largest absolute Gasteiger partial charge is 0.385 e. The van der Waals surface area contributed by atoms with E-state index in [-0.39, 0.29) is 0 Å². The zero-order valence-corrected chi connectivity index (χ0v) is 10.2. The third-order valence-electron chi connectivity index (χ3n) is 3.91. The van der Waals surface area contributed by atoms with Gasteiger partial charge in [0.15, 0.2) is 0 Å². The molecule has 0 aromatic carbocycles. The maximum atomic E-state index is 5.10. The molecule has 2 rings (SSSR count). The summed E-state index contributed by atoms with van der Waals surface area (Å²) in [5.74, 6) is 3.13. The van der Waals surface area contributed by atoms with Crippen LogP contribution in [0.4, 0.5) is 0 Å². The zero-order chi connectivity index (χ0) is 10.7. The highest BCUT2D eigenvalue weighted by atomic mass is 16.5. The molecule has 1 unspecified atom stereocenters. The molecule has 2 aliphatic carbocycles.